The zero-order chi connectivity index (χ0) is 20.0. The number of allylic oxidation sites excluding steroid dienone is 1. The van der Waals surface area contributed by atoms with Gasteiger partial charge in [-0.2, -0.15) is 0 Å². The summed E-state index contributed by atoms with van der Waals surface area (Å²) in [4.78, 5) is 14.2. The molecule has 0 fully saturated rings. The fraction of sp³-hybridized carbons (Fsp3) is 0.348. The molecule has 0 aliphatic carbocycles. The normalized spacial score (nSPS) is 13.3. The number of amides is 1. The Morgan fingerprint density at radius 1 is 1.07 bits per heavy atom. The first kappa shape index (κ1) is 20.6. The van der Waals surface area contributed by atoms with Crippen molar-refractivity contribution in [3.63, 3.8) is 0 Å². The Morgan fingerprint density at radius 2 is 1.70 bits per heavy atom. The van der Waals surface area contributed by atoms with Gasteiger partial charge in [0.15, 0.2) is 0 Å². The molecule has 2 aromatic carbocycles. The molecule has 1 atom stereocenters. The maximum atomic E-state index is 12.6. The van der Waals surface area contributed by atoms with Gasteiger partial charge >= 0.3 is 0 Å². The molecule has 0 aliphatic heterocycles. The van der Waals surface area contributed by atoms with E-state index < -0.39 is 5.41 Å². The van der Waals surface area contributed by atoms with Gasteiger partial charge in [0.1, 0.15) is 11.5 Å². The Bertz CT molecular complexity index is 812. The van der Waals surface area contributed by atoms with Crippen LogP contribution < -0.4 is 9.47 Å². The van der Waals surface area contributed by atoms with Crippen molar-refractivity contribution in [2.75, 3.05) is 28.3 Å². The highest BCUT2D eigenvalue weighted by atomic mass is 16.5. The number of carbonyl (C=O) groups excluding carboxylic acids is 1. The van der Waals surface area contributed by atoms with Crippen LogP contribution in [0.2, 0.25) is 0 Å². The summed E-state index contributed by atoms with van der Waals surface area (Å²) in [6, 6.07) is 14.0. The summed E-state index contributed by atoms with van der Waals surface area (Å²) in [7, 11) is 6.85. The lowest BCUT2D eigenvalue weighted by atomic mass is 9.77. The summed E-state index contributed by atoms with van der Waals surface area (Å²) in [6.45, 7) is 4.04. The first-order valence-corrected chi connectivity index (χ1v) is 8.98. The number of benzene rings is 2. The van der Waals surface area contributed by atoms with E-state index >= 15 is 0 Å². The van der Waals surface area contributed by atoms with Crippen molar-refractivity contribution in [1.29, 1.82) is 0 Å². The molecule has 0 N–H and O–H groups in total. The summed E-state index contributed by atoms with van der Waals surface area (Å²) in [6.07, 6.45) is 4.46. The lowest BCUT2D eigenvalue weighted by Crippen LogP contribution is -2.31. The molecule has 0 saturated heterocycles. The third kappa shape index (κ3) is 4.91. The van der Waals surface area contributed by atoms with Gasteiger partial charge in [-0.25, -0.2) is 0 Å². The van der Waals surface area contributed by atoms with Crippen molar-refractivity contribution in [3.05, 3.63) is 65.2 Å². The quantitative estimate of drug-likeness (QED) is 0.725. The van der Waals surface area contributed by atoms with Crippen LogP contribution in [0.3, 0.4) is 0 Å². The van der Waals surface area contributed by atoms with Crippen LogP contribution in [-0.2, 0) is 10.2 Å². The van der Waals surface area contributed by atoms with Crippen LogP contribution in [0, 0.1) is 6.92 Å². The van der Waals surface area contributed by atoms with E-state index in [1.807, 2.05) is 49.4 Å². The summed E-state index contributed by atoms with van der Waals surface area (Å²) >= 11 is 0. The standard InChI is InChI=1S/C23H29NO3/c1-17-14-21(27-6)19(15-20(17)26-5)23(2,16-22(25)24(3)4)13-12-18-10-8-7-9-11-18/h7-15H,16H2,1-6H3/b13-12+/t23-/m0/s1. The average Bonchev–Trinajstić information content (AvgIpc) is 2.66. The topological polar surface area (TPSA) is 38.8 Å². The third-order valence-corrected chi connectivity index (χ3v) is 4.79. The van der Waals surface area contributed by atoms with Crippen LogP contribution in [0.4, 0.5) is 0 Å². The Balaban J connectivity index is 2.58. The molecular weight excluding hydrogens is 338 g/mol. The number of hydrogen-bond acceptors (Lipinski definition) is 3. The van der Waals surface area contributed by atoms with Gasteiger partial charge in [-0.15, -0.1) is 0 Å². The molecule has 0 aromatic heterocycles. The number of rotatable bonds is 7. The minimum absolute atomic E-state index is 0.0526. The van der Waals surface area contributed by atoms with Crippen molar-refractivity contribution >= 4 is 12.0 Å². The molecule has 0 spiro atoms. The number of methoxy groups -OCH3 is 2. The van der Waals surface area contributed by atoms with Gasteiger partial charge < -0.3 is 14.4 Å². The van der Waals surface area contributed by atoms with E-state index in [2.05, 4.69) is 19.1 Å². The van der Waals surface area contributed by atoms with E-state index in [0.29, 0.717) is 6.42 Å². The van der Waals surface area contributed by atoms with Gasteiger partial charge in [0.2, 0.25) is 5.91 Å². The summed E-state index contributed by atoms with van der Waals surface area (Å²) in [5.41, 5.74) is 2.45. The maximum Gasteiger partial charge on any atom is 0.223 e. The van der Waals surface area contributed by atoms with E-state index in [0.717, 1.165) is 28.2 Å². The van der Waals surface area contributed by atoms with Crippen LogP contribution in [0.15, 0.2) is 48.5 Å². The highest BCUT2D eigenvalue weighted by Crippen LogP contribution is 2.40. The number of hydrogen-bond donors (Lipinski definition) is 0. The molecule has 0 unspecified atom stereocenters. The monoisotopic (exact) mass is 367 g/mol. The fourth-order valence-electron chi connectivity index (χ4n) is 3.06. The van der Waals surface area contributed by atoms with Gasteiger partial charge in [-0.05, 0) is 30.2 Å². The SMILES string of the molecule is COc1cc([C@@](C)(/C=C/c2ccccc2)CC(=O)N(C)C)c(OC)cc1C. The van der Waals surface area contributed by atoms with Gasteiger partial charge in [0, 0.05) is 31.5 Å². The van der Waals surface area contributed by atoms with Crippen molar-refractivity contribution in [3.8, 4) is 11.5 Å². The van der Waals surface area contributed by atoms with Crippen LogP contribution in [0.5, 0.6) is 11.5 Å². The number of aryl methyl sites for hydroxylation is 1. The molecule has 0 aliphatic rings. The molecule has 0 saturated carbocycles. The molecule has 4 heteroatoms. The van der Waals surface area contributed by atoms with Crippen molar-refractivity contribution in [2.24, 2.45) is 0 Å². The van der Waals surface area contributed by atoms with Crippen LogP contribution in [-0.4, -0.2) is 39.1 Å². The Labute approximate surface area is 162 Å². The molecule has 0 heterocycles. The molecule has 2 rings (SSSR count). The summed E-state index contributed by atoms with van der Waals surface area (Å²) < 4.78 is 11.2. The van der Waals surface area contributed by atoms with Gasteiger partial charge in [0.05, 0.1) is 14.2 Å². The Hall–Kier alpha value is -2.75. The van der Waals surface area contributed by atoms with Crippen molar-refractivity contribution in [2.45, 2.75) is 25.7 Å². The van der Waals surface area contributed by atoms with E-state index in [1.54, 1.807) is 33.2 Å². The molecule has 0 radical (unpaired) electrons. The zero-order valence-corrected chi connectivity index (χ0v) is 17.1. The van der Waals surface area contributed by atoms with Gasteiger partial charge in [-0.3, -0.25) is 4.79 Å². The van der Waals surface area contributed by atoms with Crippen molar-refractivity contribution < 1.29 is 14.3 Å². The average molecular weight is 367 g/mol. The second kappa shape index (κ2) is 8.76. The first-order valence-electron chi connectivity index (χ1n) is 8.98. The predicted molar refractivity (Wildman–Crippen MR) is 110 cm³/mol. The van der Waals surface area contributed by atoms with Crippen molar-refractivity contribution in [1.82, 2.24) is 4.90 Å². The Kier molecular flexibility index (Phi) is 6.67. The lowest BCUT2D eigenvalue weighted by molar-refractivity contribution is -0.129. The molecule has 1 amide bonds. The number of carbonyl (C=O) groups is 1. The zero-order valence-electron chi connectivity index (χ0n) is 17.1. The molecule has 144 valence electrons. The summed E-state index contributed by atoms with van der Waals surface area (Å²) in [5.74, 6) is 1.58. The molecule has 0 bridgehead atoms. The van der Waals surface area contributed by atoms with Gasteiger partial charge in [0.25, 0.3) is 0 Å². The number of ether oxygens (including phenoxy) is 2. The number of nitrogens with zero attached hydrogens (tertiary/aromatic N) is 1. The highest BCUT2D eigenvalue weighted by Gasteiger charge is 2.31. The predicted octanol–water partition coefficient (Wildman–Crippen LogP) is 4.46. The van der Waals surface area contributed by atoms with Crippen LogP contribution >= 0.6 is 0 Å². The van der Waals surface area contributed by atoms with E-state index in [9.17, 15) is 4.79 Å². The highest BCUT2D eigenvalue weighted by molar-refractivity contribution is 5.78. The van der Waals surface area contributed by atoms with Crippen LogP contribution in [0.1, 0.15) is 30.0 Å². The smallest absolute Gasteiger partial charge is 0.223 e. The molecular formula is C23H29NO3. The summed E-state index contributed by atoms with van der Waals surface area (Å²) in [5, 5.41) is 0. The van der Waals surface area contributed by atoms with E-state index in [-0.39, 0.29) is 5.91 Å². The minimum atomic E-state index is -0.552. The lowest BCUT2D eigenvalue weighted by Gasteiger charge is -2.30. The van der Waals surface area contributed by atoms with E-state index in [1.165, 1.54) is 0 Å². The molecule has 27 heavy (non-hydrogen) atoms. The second-order valence-corrected chi connectivity index (χ2v) is 7.15. The Morgan fingerprint density at radius 3 is 2.26 bits per heavy atom. The van der Waals surface area contributed by atoms with E-state index in [4.69, 9.17) is 9.47 Å². The first-order chi connectivity index (χ1) is 12.8. The van der Waals surface area contributed by atoms with Gasteiger partial charge in [-0.1, -0.05) is 49.4 Å². The third-order valence-electron chi connectivity index (χ3n) is 4.79. The molecule has 4 nitrogen and oxygen atoms in total. The largest absolute Gasteiger partial charge is 0.496 e. The van der Waals surface area contributed by atoms with Crippen LogP contribution in [0.25, 0.3) is 6.08 Å². The molecule has 2 aromatic rings. The maximum absolute atomic E-state index is 12.6. The second-order valence-electron chi connectivity index (χ2n) is 7.15. The minimum Gasteiger partial charge on any atom is -0.496 e. The fourth-order valence-corrected chi connectivity index (χ4v) is 3.06.